The van der Waals surface area contributed by atoms with E-state index in [4.69, 9.17) is 9.11 Å². The maximum Gasteiger partial charge on any atom is 0.318 e. The minimum atomic E-state index is -4.37. The number of rotatable bonds is 5. The maximum atomic E-state index is 11.9. The molecule has 0 bridgehead atoms. The van der Waals surface area contributed by atoms with Crippen LogP contribution in [0, 0.1) is 0 Å². The third kappa shape index (κ3) is 4.23. The van der Waals surface area contributed by atoms with Crippen LogP contribution < -0.4 is 0 Å². The van der Waals surface area contributed by atoms with E-state index >= 15 is 0 Å². The summed E-state index contributed by atoms with van der Waals surface area (Å²) in [6.45, 7) is 0. The molecule has 0 saturated heterocycles. The number of hydrogen-bond donors (Lipinski definition) is 2. The van der Waals surface area contributed by atoms with E-state index in [0.29, 0.717) is 5.56 Å². The zero-order valence-electron chi connectivity index (χ0n) is 13.7. The molecule has 28 heavy (non-hydrogen) atoms. The fourth-order valence-electron chi connectivity index (χ4n) is 2.15. The summed E-state index contributed by atoms with van der Waals surface area (Å²) in [5, 5.41) is 14.7. The summed E-state index contributed by atoms with van der Waals surface area (Å²) >= 11 is 0. The van der Waals surface area contributed by atoms with E-state index in [2.05, 4.69) is 20.5 Å². The predicted octanol–water partition coefficient (Wildman–Crippen LogP) is 2.62. The smallest absolute Gasteiger partial charge is 0.282 e. The summed E-state index contributed by atoms with van der Waals surface area (Å²) in [6, 6.07) is 9.62. The molecule has 0 unspecified atom stereocenters. The monoisotopic (exact) mass is 422 g/mol. The molecule has 1 heterocycles. The predicted molar refractivity (Wildman–Crippen MR) is 93.8 cm³/mol. The zero-order valence-corrected chi connectivity index (χ0v) is 15.3. The van der Waals surface area contributed by atoms with Gasteiger partial charge in [0.1, 0.15) is 5.70 Å². The first-order chi connectivity index (χ1) is 13.1. The molecule has 2 N–H and O–H groups in total. The maximum absolute atomic E-state index is 11.9. The zero-order chi connectivity index (χ0) is 20.5. The molecule has 1 amide bonds. The second-order valence-corrected chi connectivity index (χ2v) is 8.21. The molecule has 2 aromatic carbocycles. The second-order valence-electron chi connectivity index (χ2n) is 5.37. The van der Waals surface area contributed by atoms with Gasteiger partial charge in [-0.2, -0.15) is 21.9 Å². The van der Waals surface area contributed by atoms with Gasteiger partial charge in [0.15, 0.2) is 5.70 Å². The molecular weight excluding hydrogens is 412 g/mol. The van der Waals surface area contributed by atoms with Gasteiger partial charge in [-0.05, 0) is 36.4 Å². The summed E-state index contributed by atoms with van der Waals surface area (Å²) < 4.78 is 62.1. The highest BCUT2D eigenvalue weighted by molar-refractivity contribution is 7.86. The highest BCUT2D eigenvalue weighted by Crippen LogP contribution is 2.29. The first-order valence-electron chi connectivity index (χ1n) is 7.33. The number of carbonyl (C=O) groups excluding carboxylic acids is 1. The first-order valence-corrected chi connectivity index (χ1v) is 10.2. The van der Waals surface area contributed by atoms with Crippen LogP contribution >= 0.6 is 0 Å². The lowest BCUT2D eigenvalue weighted by Gasteiger charge is -2.01. The molecule has 1 aliphatic rings. The van der Waals surface area contributed by atoms with Crippen molar-refractivity contribution >= 4 is 37.5 Å². The van der Waals surface area contributed by atoms with Crippen molar-refractivity contribution in [1.82, 2.24) is 0 Å². The van der Waals surface area contributed by atoms with Crippen LogP contribution in [0.2, 0.25) is 0 Å². The van der Waals surface area contributed by atoms with Gasteiger partial charge < -0.3 is 0 Å². The van der Waals surface area contributed by atoms with Gasteiger partial charge in [-0.3, -0.25) is 13.9 Å². The molecule has 11 nitrogen and oxygen atoms in total. The Morgan fingerprint density at radius 3 is 1.71 bits per heavy atom. The molecule has 2 aromatic rings. The van der Waals surface area contributed by atoms with Crippen LogP contribution in [0.1, 0.15) is 5.56 Å². The number of azo groups is 2. The van der Waals surface area contributed by atoms with Crippen LogP contribution in [0.3, 0.4) is 0 Å². The summed E-state index contributed by atoms with van der Waals surface area (Å²) in [7, 11) is -8.71. The molecule has 0 aliphatic carbocycles. The number of benzene rings is 2. The molecular formula is C15H10N4O7S2. The molecule has 0 atom stereocenters. The first kappa shape index (κ1) is 19.6. The summed E-state index contributed by atoms with van der Waals surface area (Å²) in [5.41, 5.74) is 0.349. The molecule has 0 fully saturated rings. The Morgan fingerprint density at radius 1 is 0.714 bits per heavy atom. The van der Waals surface area contributed by atoms with Crippen LogP contribution in [0.25, 0.3) is 5.70 Å². The van der Waals surface area contributed by atoms with Gasteiger partial charge in [-0.1, -0.05) is 12.1 Å². The Hall–Kier alpha value is -3.13. The lowest BCUT2D eigenvalue weighted by molar-refractivity contribution is -0.114. The number of nitrogens with zero attached hydrogens (tertiary/aromatic N) is 4. The fourth-order valence-corrected chi connectivity index (χ4v) is 3.11. The molecule has 1 aliphatic heterocycles. The topological polar surface area (TPSA) is 175 Å². The third-order valence-corrected chi connectivity index (χ3v) is 5.23. The van der Waals surface area contributed by atoms with E-state index in [0.717, 1.165) is 24.3 Å². The lowest BCUT2D eigenvalue weighted by atomic mass is 10.1. The van der Waals surface area contributed by atoms with Crippen molar-refractivity contribution in [2.24, 2.45) is 20.5 Å². The molecule has 0 spiro atoms. The Labute approximate surface area is 158 Å². The molecule has 3 rings (SSSR count). The quantitative estimate of drug-likeness (QED) is 0.549. The van der Waals surface area contributed by atoms with Crippen molar-refractivity contribution in [2.75, 3.05) is 0 Å². The molecule has 0 saturated carbocycles. The van der Waals surface area contributed by atoms with E-state index in [-0.39, 0.29) is 26.9 Å². The van der Waals surface area contributed by atoms with Crippen molar-refractivity contribution in [3.63, 3.8) is 0 Å². The Bertz CT molecular complexity index is 1240. The molecule has 0 radical (unpaired) electrons. The lowest BCUT2D eigenvalue weighted by Crippen LogP contribution is -1.98. The fraction of sp³-hybridized carbons (Fsp3) is 0. The normalized spacial score (nSPS) is 15.0. The standard InChI is InChI=1S/C15H10N4O7S2/c20-15-14(18-16-10-3-7-12(8-4-10)28(24,25)26)13(17-19-15)9-1-5-11(6-2-9)27(21,22)23/h1-8H,(H,21,22,23)(H,24,25,26). The van der Waals surface area contributed by atoms with Crippen LogP contribution in [0.5, 0.6) is 0 Å². The highest BCUT2D eigenvalue weighted by atomic mass is 32.2. The molecule has 0 aromatic heterocycles. The third-order valence-electron chi connectivity index (χ3n) is 3.49. The van der Waals surface area contributed by atoms with Gasteiger partial charge in [0, 0.05) is 5.56 Å². The summed E-state index contributed by atoms with van der Waals surface area (Å²) in [5.74, 6) is -0.771. The van der Waals surface area contributed by atoms with Crippen LogP contribution in [-0.2, 0) is 25.0 Å². The van der Waals surface area contributed by atoms with Crippen molar-refractivity contribution in [1.29, 1.82) is 0 Å². The van der Waals surface area contributed by atoms with Crippen LogP contribution in [0.4, 0.5) is 5.69 Å². The van der Waals surface area contributed by atoms with Gasteiger partial charge in [0.2, 0.25) is 0 Å². The van der Waals surface area contributed by atoms with E-state index < -0.39 is 26.1 Å². The van der Waals surface area contributed by atoms with Gasteiger partial charge >= 0.3 is 5.91 Å². The van der Waals surface area contributed by atoms with E-state index in [9.17, 15) is 21.6 Å². The summed E-state index contributed by atoms with van der Waals surface area (Å²) in [6.07, 6.45) is 0. The van der Waals surface area contributed by atoms with Gasteiger partial charge in [0.05, 0.1) is 15.5 Å². The second kappa shape index (κ2) is 7.12. The largest absolute Gasteiger partial charge is 0.318 e. The van der Waals surface area contributed by atoms with Crippen molar-refractivity contribution in [3.8, 4) is 0 Å². The van der Waals surface area contributed by atoms with E-state index in [1.54, 1.807) is 0 Å². The van der Waals surface area contributed by atoms with E-state index in [1.807, 2.05) is 0 Å². The highest BCUT2D eigenvalue weighted by Gasteiger charge is 2.23. The average molecular weight is 422 g/mol. The number of amides is 1. The van der Waals surface area contributed by atoms with Crippen molar-refractivity contribution in [3.05, 3.63) is 59.8 Å². The van der Waals surface area contributed by atoms with Gasteiger partial charge in [0.25, 0.3) is 20.2 Å². The molecule has 13 heteroatoms. The SMILES string of the molecule is O=C1N=NC(c2ccc(S(=O)(=O)O)cc2)=C1N=Nc1ccc(S(=O)(=O)O)cc1. The minimum absolute atomic E-state index is 0.0465. The molecule has 144 valence electrons. The Morgan fingerprint density at radius 2 is 1.21 bits per heavy atom. The summed E-state index contributed by atoms with van der Waals surface area (Å²) in [4.78, 5) is 11.2. The minimum Gasteiger partial charge on any atom is -0.282 e. The number of hydrogen-bond acceptors (Lipinski definition) is 8. The van der Waals surface area contributed by atoms with Crippen molar-refractivity contribution < 1.29 is 30.7 Å². The van der Waals surface area contributed by atoms with Crippen molar-refractivity contribution in [2.45, 2.75) is 9.79 Å². The van der Waals surface area contributed by atoms with Gasteiger partial charge in [-0.15, -0.1) is 15.3 Å². The Balaban J connectivity index is 1.93. The van der Waals surface area contributed by atoms with Crippen LogP contribution in [0.15, 0.2) is 84.5 Å². The van der Waals surface area contributed by atoms with Gasteiger partial charge in [-0.25, -0.2) is 0 Å². The number of carbonyl (C=O) groups is 1. The Kier molecular flexibility index (Phi) is 4.99. The van der Waals surface area contributed by atoms with E-state index in [1.165, 1.54) is 24.3 Å². The average Bonchev–Trinajstić information content (AvgIpc) is 2.99. The van der Waals surface area contributed by atoms with Crippen LogP contribution in [-0.4, -0.2) is 31.8 Å².